The number of nitrogens with zero attached hydrogens (tertiary/aromatic N) is 3. The molecule has 1 unspecified atom stereocenters. The molecule has 2 saturated heterocycles. The lowest BCUT2D eigenvalue weighted by Gasteiger charge is -2.36. The number of nitrogens with one attached hydrogen (secondary N) is 2. The Morgan fingerprint density at radius 3 is 2.58 bits per heavy atom. The summed E-state index contributed by atoms with van der Waals surface area (Å²) in [7, 11) is -1.73. The fourth-order valence-corrected chi connectivity index (χ4v) is 4.52. The molecule has 1 amide bonds. The van der Waals surface area contributed by atoms with Crippen molar-refractivity contribution in [3.63, 3.8) is 0 Å². The maximum Gasteiger partial charge on any atom is 0.289 e. The molecule has 31 heavy (non-hydrogen) atoms. The van der Waals surface area contributed by atoms with Gasteiger partial charge < -0.3 is 24.3 Å². The number of piperazine rings is 1. The molecule has 2 aliphatic rings. The van der Waals surface area contributed by atoms with Gasteiger partial charge in [-0.2, -0.15) is 0 Å². The van der Waals surface area contributed by atoms with Gasteiger partial charge in [0.25, 0.3) is 5.91 Å². The number of carbonyl (C=O) groups excluding carboxylic acids is 1. The summed E-state index contributed by atoms with van der Waals surface area (Å²) in [5.41, 5.74) is 0. The van der Waals surface area contributed by atoms with Crippen LogP contribution in [0.3, 0.4) is 0 Å². The Morgan fingerprint density at radius 1 is 1.23 bits per heavy atom. The van der Waals surface area contributed by atoms with Gasteiger partial charge in [-0.1, -0.05) is 0 Å². The fraction of sp³-hybridized carbons (Fsp3) is 0.684. The molecule has 2 aliphatic heterocycles. The highest BCUT2D eigenvalue weighted by Crippen LogP contribution is 2.12. The van der Waals surface area contributed by atoms with Crippen LogP contribution in [-0.2, 0) is 14.8 Å². The standard InChI is InChI=1S/C19H31N5O5S.HI/c1-20-19(21-7-14-30(26,27)22-15-16-5-2-3-12-28-16)24-10-8-23(9-11-24)18(25)17-6-4-13-29-17;/h4,6,13,16,22H,2-3,5,7-12,14-15H2,1H3,(H,20,21);1H. The molecule has 0 saturated carbocycles. The minimum Gasteiger partial charge on any atom is -0.459 e. The van der Waals surface area contributed by atoms with Crippen LogP contribution in [0.15, 0.2) is 27.8 Å². The van der Waals surface area contributed by atoms with Crippen molar-refractivity contribution in [3.05, 3.63) is 24.2 Å². The first kappa shape index (κ1) is 25.9. The average molecular weight is 569 g/mol. The quantitative estimate of drug-likeness (QED) is 0.283. The molecule has 0 radical (unpaired) electrons. The van der Waals surface area contributed by atoms with Gasteiger partial charge in [0.05, 0.1) is 18.1 Å². The molecule has 0 aliphatic carbocycles. The highest BCUT2D eigenvalue weighted by atomic mass is 127. The second kappa shape index (κ2) is 12.6. The number of rotatable bonds is 7. The van der Waals surface area contributed by atoms with Gasteiger partial charge in [-0.3, -0.25) is 9.79 Å². The van der Waals surface area contributed by atoms with E-state index in [0.717, 1.165) is 19.3 Å². The van der Waals surface area contributed by atoms with Gasteiger partial charge in [-0.15, -0.1) is 24.0 Å². The molecule has 176 valence electrons. The lowest BCUT2D eigenvalue weighted by molar-refractivity contribution is 0.0200. The van der Waals surface area contributed by atoms with Crippen molar-refractivity contribution in [3.8, 4) is 0 Å². The van der Waals surface area contributed by atoms with E-state index in [1.807, 2.05) is 4.90 Å². The molecule has 1 aromatic heterocycles. The first-order chi connectivity index (χ1) is 14.5. The van der Waals surface area contributed by atoms with Crippen molar-refractivity contribution in [1.82, 2.24) is 19.8 Å². The molecule has 0 spiro atoms. The summed E-state index contributed by atoms with van der Waals surface area (Å²) >= 11 is 0. The van der Waals surface area contributed by atoms with Gasteiger partial charge >= 0.3 is 0 Å². The van der Waals surface area contributed by atoms with E-state index < -0.39 is 10.0 Å². The lowest BCUT2D eigenvalue weighted by atomic mass is 10.1. The topological polar surface area (TPSA) is 116 Å². The largest absolute Gasteiger partial charge is 0.459 e. The molecule has 0 aromatic carbocycles. The number of guanidine groups is 1. The predicted molar refractivity (Wildman–Crippen MR) is 128 cm³/mol. The summed E-state index contributed by atoms with van der Waals surface area (Å²) in [6, 6.07) is 3.35. The smallest absolute Gasteiger partial charge is 0.289 e. The summed E-state index contributed by atoms with van der Waals surface area (Å²) in [6.07, 6.45) is 4.46. The van der Waals surface area contributed by atoms with Crippen LogP contribution in [0.5, 0.6) is 0 Å². The molecule has 3 rings (SSSR count). The number of furan rings is 1. The lowest BCUT2D eigenvalue weighted by Crippen LogP contribution is -2.54. The van der Waals surface area contributed by atoms with Crippen LogP contribution in [0, 0.1) is 0 Å². The number of sulfonamides is 1. The molecule has 2 N–H and O–H groups in total. The summed E-state index contributed by atoms with van der Waals surface area (Å²) in [4.78, 5) is 20.4. The second-order valence-corrected chi connectivity index (χ2v) is 9.31. The van der Waals surface area contributed by atoms with Crippen molar-refractivity contribution in [1.29, 1.82) is 0 Å². The predicted octanol–water partition coefficient (Wildman–Crippen LogP) is 0.719. The Morgan fingerprint density at radius 2 is 1.97 bits per heavy atom. The van der Waals surface area contributed by atoms with Crippen LogP contribution in [0.25, 0.3) is 0 Å². The van der Waals surface area contributed by atoms with Crippen molar-refractivity contribution in [2.75, 3.05) is 58.7 Å². The normalized spacial score (nSPS) is 20.3. The van der Waals surface area contributed by atoms with Gasteiger partial charge in [-0.25, -0.2) is 13.1 Å². The Balaban J connectivity index is 0.00000341. The van der Waals surface area contributed by atoms with E-state index >= 15 is 0 Å². The average Bonchev–Trinajstić information content (AvgIpc) is 3.31. The van der Waals surface area contributed by atoms with Gasteiger partial charge in [0, 0.05) is 52.9 Å². The molecular weight excluding hydrogens is 537 g/mol. The number of hydrogen-bond donors (Lipinski definition) is 2. The summed E-state index contributed by atoms with van der Waals surface area (Å²) < 4.78 is 37.8. The van der Waals surface area contributed by atoms with Crippen LogP contribution in [0.4, 0.5) is 0 Å². The fourth-order valence-electron chi connectivity index (χ4n) is 3.57. The van der Waals surface area contributed by atoms with Crippen LogP contribution < -0.4 is 10.0 Å². The molecular formula is C19H32IN5O5S. The van der Waals surface area contributed by atoms with Crippen molar-refractivity contribution < 1.29 is 22.4 Å². The molecule has 10 nitrogen and oxygen atoms in total. The van der Waals surface area contributed by atoms with E-state index in [4.69, 9.17) is 9.15 Å². The molecule has 1 atom stereocenters. The monoisotopic (exact) mass is 569 g/mol. The Hall–Kier alpha value is -1.38. The van der Waals surface area contributed by atoms with Gasteiger partial charge in [-0.05, 0) is 31.4 Å². The number of halogens is 1. The zero-order valence-electron chi connectivity index (χ0n) is 17.8. The zero-order valence-corrected chi connectivity index (χ0v) is 20.9. The number of aliphatic imine (C=N–C) groups is 1. The third-order valence-electron chi connectivity index (χ3n) is 5.27. The van der Waals surface area contributed by atoms with Crippen LogP contribution in [0.2, 0.25) is 0 Å². The Bertz CT molecular complexity index is 804. The van der Waals surface area contributed by atoms with E-state index in [2.05, 4.69) is 15.0 Å². The van der Waals surface area contributed by atoms with Crippen molar-refractivity contribution in [2.45, 2.75) is 25.4 Å². The molecule has 12 heteroatoms. The third-order valence-corrected chi connectivity index (χ3v) is 6.62. The summed E-state index contributed by atoms with van der Waals surface area (Å²) in [6.45, 7) is 3.57. The Labute approximate surface area is 200 Å². The van der Waals surface area contributed by atoms with E-state index in [9.17, 15) is 13.2 Å². The summed E-state index contributed by atoms with van der Waals surface area (Å²) in [5.74, 6) is 0.797. The summed E-state index contributed by atoms with van der Waals surface area (Å²) in [5, 5.41) is 3.11. The van der Waals surface area contributed by atoms with Crippen LogP contribution in [-0.4, -0.2) is 94.9 Å². The Kier molecular flexibility index (Phi) is 10.5. The highest BCUT2D eigenvalue weighted by molar-refractivity contribution is 14.0. The van der Waals surface area contributed by atoms with E-state index in [0.29, 0.717) is 51.1 Å². The number of amides is 1. The van der Waals surface area contributed by atoms with E-state index in [1.54, 1.807) is 24.1 Å². The zero-order chi connectivity index (χ0) is 21.4. The maximum atomic E-state index is 12.4. The van der Waals surface area contributed by atoms with Crippen molar-refractivity contribution >= 4 is 45.9 Å². The van der Waals surface area contributed by atoms with Crippen molar-refractivity contribution in [2.24, 2.45) is 4.99 Å². The number of carbonyl (C=O) groups is 1. The molecule has 3 heterocycles. The van der Waals surface area contributed by atoms with Crippen LogP contribution >= 0.6 is 24.0 Å². The maximum absolute atomic E-state index is 12.4. The van der Waals surface area contributed by atoms with Gasteiger partial charge in [0.15, 0.2) is 11.7 Å². The molecule has 0 bridgehead atoms. The second-order valence-electron chi connectivity index (χ2n) is 7.39. The minimum absolute atomic E-state index is 0. The molecule has 2 fully saturated rings. The highest BCUT2D eigenvalue weighted by Gasteiger charge is 2.25. The molecule has 1 aromatic rings. The first-order valence-corrected chi connectivity index (χ1v) is 12.0. The SMILES string of the molecule is CN=C(NCCS(=O)(=O)NCC1CCCCO1)N1CCN(C(=O)c2ccco2)CC1.I. The first-order valence-electron chi connectivity index (χ1n) is 10.4. The number of hydrogen-bond acceptors (Lipinski definition) is 6. The number of ether oxygens (including phenoxy) is 1. The van der Waals surface area contributed by atoms with Gasteiger partial charge in [0.2, 0.25) is 10.0 Å². The van der Waals surface area contributed by atoms with Gasteiger partial charge in [0.1, 0.15) is 0 Å². The minimum atomic E-state index is -3.39. The third kappa shape index (κ3) is 7.91. The van der Waals surface area contributed by atoms with Crippen LogP contribution in [0.1, 0.15) is 29.8 Å². The van der Waals surface area contributed by atoms with E-state index in [1.165, 1.54) is 6.26 Å². The van der Waals surface area contributed by atoms with E-state index in [-0.39, 0.29) is 48.3 Å².